The Balaban J connectivity index is 1.70. The Morgan fingerprint density at radius 1 is 1.04 bits per heavy atom. The Labute approximate surface area is 154 Å². The van der Waals surface area contributed by atoms with Crippen molar-refractivity contribution >= 4 is 35.0 Å². The van der Waals surface area contributed by atoms with Crippen LogP contribution in [0.25, 0.3) is 0 Å². The maximum absolute atomic E-state index is 12.7. The molecular formula is C20H15N3O2S. The number of nitrogens with one attached hydrogen (secondary N) is 2. The fourth-order valence-corrected chi connectivity index (χ4v) is 3.95. The number of hydrogen-bond donors (Lipinski definition) is 2. The number of amides is 2. The van der Waals surface area contributed by atoms with E-state index < -0.39 is 0 Å². The molecule has 2 amide bonds. The lowest BCUT2D eigenvalue weighted by Crippen LogP contribution is -2.16. The van der Waals surface area contributed by atoms with Gasteiger partial charge in [-0.25, -0.2) is 0 Å². The molecule has 0 unspecified atom stereocenters. The number of nitrogens with zero attached hydrogens (tertiary/aromatic N) is 1. The smallest absolute Gasteiger partial charge is 0.256 e. The predicted octanol–water partition coefficient (Wildman–Crippen LogP) is 4.36. The highest BCUT2D eigenvalue weighted by atomic mass is 32.2. The second kappa shape index (κ2) is 6.65. The van der Waals surface area contributed by atoms with Gasteiger partial charge >= 0.3 is 0 Å². The second-order valence-electron chi connectivity index (χ2n) is 5.85. The van der Waals surface area contributed by atoms with Crippen molar-refractivity contribution in [1.82, 2.24) is 4.98 Å². The highest BCUT2D eigenvalue weighted by Crippen LogP contribution is 2.41. The number of aromatic nitrogens is 1. The number of fused-ring (bicyclic) bond motifs is 2. The summed E-state index contributed by atoms with van der Waals surface area (Å²) in [5.41, 5.74) is 3.25. The van der Waals surface area contributed by atoms with E-state index >= 15 is 0 Å². The van der Waals surface area contributed by atoms with Gasteiger partial charge in [-0.2, -0.15) is 0 Å². The summed E-state index contributed by atoms with van der Waals surface area (Å²) in [6.07, 6.45) is 3.24. The van der Waals surface area contributed by atoms with E-state index in [1.54, 1.807) is 36.7 Å². The van der Waals surface area contributed by atoms with Gasteiger partial charge in [-0.3, -0.25) is 14.6 Å². The Bertz CT molecular complexity index is 1020. The lowest BCUT2D eigenvalue weighted by molar-refractivity contribution is 0.101. The molecule has 1 aromatic heterocycles. The molecule has 2 N–H and O–H groups in total. The molecule has 0 saturated heterocycles. The molecule has 0 spiro atoms. The summed E-state index contributed by atoms with van der Waals surface area (Å²) in [5, 5.41) is 5.81. The van der Waals surface area contributed by atoms with E-state index in [2.05, 4.69) is 15.6 Å². The van der Waals surface area contributed by atoms with Crippen LogP contribution >= 0.6 is 11.8 Å². The fraction of sp³-hybridized carbons (Fsp3) is 0.0500. The summed E-state index contributed by atoms with van der Waals surface area (Å²) in [5.74, 6) is -0.390. The zero-order valence-electron chi connectivity index (χ0n) is 13.9. The van der Waals surface area contributed by atoms with Gasteiger partial charge in [0.25, 0.3) is 11.8 Å². The molecule has 0 atom stereocenters. The molecule has 0 aliphatic carbocycles. The first-order valence-electron chi connectivity index (χ1n) is 8.06. The van der Waals surface area contributed by atoms with E-state index in [1.807, 2.05) is 31.2 Å². The maximum atomic E-state index is 12.7. The van der Waals surface area contributed by atoms with Gasteiger partial charge in [0.15, 0.2) is 0 Å². The monoisotopic (exact) mass is 361 g/mol. The summed E-state index contributed by atoms with van der Waals surface area (Å²) in [7, 11) is 0. The standard InChI is InChI=1S/C20H15N3O2S/c1-12-14(19(24)22-13-8-10-21-11-9-13)6-7-17-18(12)23-20(25)15-4-2-3-5-16(15)26-17/h2-11H,1H3,(H,23,25)(H,21,22,24). The first-order valence-corrected chi connectivity index (χ1v) is 8.88. The number of pyridine rings is 1. The van der Waals surface area contributed by atoms with Gasteiger partial charge in [0.1, 0.15) is 0 Å². The minimum absolute atomic E-state index is 0.165. The third-order valence-electron chi connectivity index (χ3n) is 4.20. The zero-order valence-corrected chi connectivity index (χ0v) is 14.8. The van der Waals surface area contributed by atoms with Crippen molar-refractivity contribution in [3.05, 3.63) is 77.6 Å². The third-order valence-corrected chi connectivity index (χ3v) is 5.34. The zero-order chi connectivity index (χ0) is 18.1. The molecule has 0 bridgehead atoms. The highest BCUT2D eigenvalue weighted by Gasteiger charge is 2.23. The molecule has 128 valence electrons. The van der Waals surface area contributed by atoms with Crippen LogP contribution < -0.4 is 10.6 Å². The van der Waals surface area contributed by atoms with Gasteiger partial charge in [0.2, 0.25) is 0 Å². The van der Waals surface area contributed by atoms with Crippen molar-refractivity contribution in [2.75, 3.05) is 10.6 Å². The van der Waals surface area contributed by atoms with E-state index in [4.69, 9.17) is 0 Å². The van der Waals surface area contributed by atoms with Crippen molar-refractivity contribution < 1.29 is 9.59 Å². The first kappa shape index (κ1) is 16.4. The lowest BCUT2D eigenvalue weighted by atomic mass is 10.1. The van der Waals surface area contributed by atoms with E-state index in [0.29, 0.717) is 22.5 Å². The summed E-state index contributed by atoms with van der Waals surface area (Å²) in [4.78, 5) is 31.0. The topological polar surface area (TPSA) is 71.1 Å². The lowest BCUT2D eigenvalue weighted by Gasteiger charge is -2.14. The minimum Gasteiger partial charge on any atom is -0.322 e. The molecule has 2 aromatic carbocycles. The molecule has 0 radical (unpaired) electrons. The molecular weight excluding hydrogens is 346 g/mol. The SMILES string of the molecule is Cc1c(C(=O)Nc2ccncc2)ccc2c1NC(=O)c1ccccc1S2. The molecule has 4 rings (SSSR count). The van der Waals surface area contributed by atoms with Gasteiger partial charge in [-0.15, -0.1) is 0 Å². The van der Waals surface area contributed by atoms with Crippen LogP contribution in [0.1, 0.15) is 26.3 Å². The quantitative estimate of drug-likeness (QED) is 0.711. The summed E-state index contributed by atoms with van der Waals surface area (Å²) >= 11 is 1.52. The van der Waals surface area contributed by atoms with E-state index in [0.717, 1.165) is 15.4 Å². The molecule has 1 aliphatic heterocycles. The minimum atomic E-state index is -0.225. The van der Waals surface area contributed by atoms with Crippen molar-refractivity contribution in [1.29, 1.82) is 0 Å². The van der Waals surface area contributed by atoms with E-state index in [-0.39, 0.29) is 11.8 Å². The number of carbonyl (C=O) groups is 2. The Morgan fingerprint density at radius 2 is 1.81 bits per heavy atom. The van der Waals surface area contributed by atoms with Crippen LogP contribution in [0.5, 0.6) is 0 Å². The number of anilines is 2. The Kier molecular flexibility index (Phi) is 4.18. The highest BCUT2D eigenvalue weighted by molar-refractivity contribution is 7.99. The van der Waals surface area contributed by atoms with Crippen molar-refractivity contribution in [3.8, 4) is 0 Å². The third kappa shape index (κ3) is 2.95. The average Bonchev–Trinajstić information content (AvgIpc) is 2.80. The van der Waals surface area contributed by atoms with Crippen LogP contribution in [0.3, 0.4) is 0 Å². The number of benzene rings is 2. The Morgan fingerprint density at radius 3 is 2.62 bits per heavy atom. The number of carbonyl (C=O) groups excluding carboxylic acids is 2. The van der Waals surface area contributed by atoms with Crippen LogP contribution in [-0.4, -0.2) is 16.8 Å². The van der Waals surface area contributed by atoms with Gasteiger partial charge in [-0.1, -0.05) is 23.9 Å². The van der Waals surface area contributed by atoms with Crippen LogP contribution in [0.2, 0.25) is 0 Å². The molecule has 3 aromatic rings. The molecule has 26 heavy (non-hydrogen) atoms. The average molecular weight is 361 g/mol. The molecule has 5 nitrogen and oxygen atoms in total. The van der Waals surface area contributed by atoms with E-state index in [1.165, 1.54) is 11.8 Å². The normalized spacial score (nSPS) is 12.4. The van der Waals surface area contributed by atoms with Crippen molar-refractivity contribution in [3.63, 3.8) is 0 Å². The van der Waals surface area contributed by atoms with Crippen molar-refractivity contribution in [2.24, 2.45) is 0 Å². The molecule has 2 heterocycles. The fourth-order valence-electron chi connectivity index (χ4n) is 2.85. The summed E-state index contributed by atoms with van der Waals surface area (Å²) < 4.78 is 0. The first-order chi connectivity index (χ1) is 12.6. The predicted molar refractivity (Wildman–Crippen MR) is 102 cm³/mol. The second-order valence-corrected chi connectivity index (χ2v) is 6.94. The largest absolute Gasteiger partial charge is 0.322 e. The number of hydrogen-bond acceptors (Lipinski definition) is 4. The van der Waals surface area contributed by atoms with Crippen LogP contribution in [0, 0.1) is 6.92 Å². The molecule has 6 heteroatoms. The number of rotatable bonds is 2. The van der Waals surface area contributed by atoms with Crippen LogP contribution in [0.15, 0.2) is 70.7 Å². The van der Waals surface area contributed by atoms with Crippen molar-refractivity contribution in [2.45, 2.75) is 16.7 Å². The Hall–Kier alpha value is -3.12. The van der Waals surface area contributed by atoms with Gasteiger partial charge in [0, 0.05) is 33.4 Å². The maximum Gasteiger partial charge on any atom is 0.256 e. The van der Waals surface area contributed by atoms with Gasteiger partial charge in [-0.05, 0) is 48.9 Å². The molecule has 0 saturated carbocycles. The van der Waals surface area contributed by atoms with Crippen LogP contribution in [-0.2, 0) is 0 Å². The van der Waals surface area contributed by atoms with E-state index in [9.17, 15) is 9.59 Å². The van der Waals surface area contributed by atoms with Gasteiger partial charge < -0.3 is 10.6 Å². The molecule has 1 aliphatic rings. The summed E-state index contributed by atoms with van der Waals surface area (Å²) in [6, 6.07) is 14.6. The van der Waals surface area contributed by atoms with Gasteiger partial charge in [0.05, 0.1) is 11.3 Å². The molecule has 0 fully saturated rings. The van der Waals surface area contributed by atoms with Crippen LogP contribution in [0.4, 0.5) is 11.4 Å². The summed E-state index contributed by atoms with van der Waals surface area (Å²) in [6.45, 7) is 1.84.